The van der Waals surface area contributed by atoms with Gasteiger partial charge in [0.1, 0.15) is 18.5 Å². The van der Waals surface area contributed by atoms with E-state index in [-0.39, 0.29) is 24.0 Å². The predicted octanol–water partition coefficient (Wildman–Crippen LogP) is -0.224. The lowest BCUT2D eigenvalue weighted by Gasteiger charge is -2.31. The molecule has 21 heavy (non-hydrogen) atoms. The summed E-state index contributed by atoms with van der Waals surface area (Å²) < 4.78 is 10.4. The summed E-state index contributed by atoms with van der Waals surface area (Å²) in [6.45, 7) is 0.196. The number of carbonyl (C=O) groups excluding carboxylic acids is 1. The molecular weight excluding hydrogens is 280 g/mol. The standard InChI is InChI=1S/C13H16N2O6/c16-10-5-14-3-1-8(10)13(19)15-9-2-4-20-6-11(9)21-7-12(17)18/h1,3,5,9,11,16H,2,4,6-7H2,(H,15,19)(H,17,18)/t9-,11-/m1/s1. The minimum absolute atomic E-state index is 0.105. The second-order valence-electron chi connectivity index (χ2n) is 4.58. The predicted molar refractivity (Wildman–Crippen MR) is 70.0 cm³/mol. The van der Waals surface area contributed by atoms with E-state index in [1.54, 1.807) is 0 Å². The number of carboxylic acid groups (broad SMARTS) is 1. The van der Waals surface area contributed by atoms with Gasteiger partial charge in [-0.25, -0.2) is 4.79 Å². The fourth-order valence-corrected chi connectivity index (χ4v) is 2.04. The molecule has 114 valence electrons. The number of nitrogens with one attached hydrogen (secondary N) is 1. The highest BCUT2D eigenvalue weighted by atomic mass is 16.5. The molecule has 0 spiro atoms. The zero-order valence-corrected chi connectivity index (χ0v) is 11.2. The van der Waals surface area contributed by atoms with Crippen molar-refractivity contribution in [2.45, 2.75) is 18.6 Å². The quantitative estimate of drug-likeness (QED) is 0.687. The molecule has 1 fully saturated rings. The number of nitrogens with zero attached hydrogens (tertiary/aromatic N) is 1. The van der Waals surface area contributed by atoms with Crippen LogP contribution in [0.2, 0.25) is 0 Å². The molecular formula is C13H16N2O6. The van der Waals surface area contributed by atoms with Crippen molar-refractivity contribution in [1.82, 2.24) is 10.3 Å². The molecule has 1 aliphatic rings. The van der Waals surface area contributed by atoms with Crippen LogP contribution in [0.1, 0.15) is 16.8 Å². The van der Waals surface area contributed by atoms with Crippen molar-refractivity contribution >= 4 is 11.9 Å². The fraction of sp³-hybridized carbons (Fsp3) is 0.462. The Morgan fingerprint density at radius 1 is 1.52 bits per heavy atom. The lowest BCUT2D eigenvalue weighted by molar-refractivity contribution is -0.148. The Bertz CT molecular complexity index is 521. The molecule has 0 unspecified atom stereocenters. The summed E-state index contributed by atoms with van der Waals surface area (Å²) in [5.41, 5.74) is 0.105. The molecule has 0 saturated carbocycles. The molecule has 0 aliphatic carbocycles. The minimum Gasteiger partial charge on any atom is -0.505 e. The number of rotatable bonds is 5. The Hall–Kier alpha value is -2.19. The Balaban J connectivity index is 2.00. The SMILES string of the molecule is O=C(O)CO[C@@H]1COCC[C@H]1NC(=O)c1ccncc1O. The van der Waals surface area contributed by atoms with Crippen LogP contribution in [0.4, 0.5) is 0 Å². The normalized spacial score (nSPS) is 21.7. The fourth-order valence-electron chi connectivity index (χ4n) is 2.04. The number of carboxylic acids is 1. The Morgan fingerprint density at radius 2 is 2.33 bits per heavy atom. The molecule has 0 aromatic carbocycles. The van der Waals surface area contributed by atoms with E-state index in [1.807, 2.05) is 0 Å². The summed E-state index contributed by atoms with van der Waals surface area (Å²) >= 11 is 0. The van der Waals surface area contributed by atoms with E-state index in [0.29, 0.717) is 13.0 Å². The van der Waals surface area contributed by atoms with Gasteiger partial charge in [-0.2, -0.15) is 0 Å². The van der Waals surface area contributed by atoms with Crippen LogP contribution >= 0.6 is 0 Å². The maximum Gasteiger partial charge on any atom is 0.329 e. The van der Waals surface area contributed by atoms with Gasteiger partial charge in [-0.3, -0.25) is 9.78 Å². The van der Waals surface area contributed by atoms with Gasteiger partial charge < -0.3 is 25.0 Å². The van der Waals surface area contributed by atoms with Crippen molar-refractivity contribution in [3.63, 3.8) is 0 Å². The summed E-state index contributed by atoms with van der Waals surface area (Å²) in [5, 5.41) is 21.0. The van der Waals surface area contributed by atoms with Crippen molar-refractivity contribution in [2.24, 2.45) is 0 Å². The van der Waals surface area contributed by atoms with Gasteiger partial charge in [-0.1, -0.05) is 0 Å². The maximum absolute atomic E-state index is 12.1. The summed E-state index contributed by atoms with van der Waals surface area (Å²) in [7, 11) is 0. The van der Waals surface area contributed by atoms with Crippen LogP contribution in [0.5, 0.6) is 5.75 Å². The third-order valence-corrected chi connectivity index (χ3v) is 3.09. The maximum atomic E-state index is 12.1. The zero-order chi connectivity index (χ0) is 15.2. The lowest BCUT2D eigenvalue weighted by atomic mass is 10.1. The highest BCUT2D eigenvalue weighted by Crippen LogP contribution is 2.16. The summed E-state index contributed by atoms with van der Waals surface area (Å²) in [5.74, 6) is -1.77. The van der Waals surface area contributed by atoms with Gasteiger partial charge >= 0.3 is 5.97 Å². The average Bonchev–Trinajstić information content (AvgIpc) is 2.46. The van der Waals surface area contributed by atoms with Gasteiger partial charge in [0.2, 0.25) is 0 Å². The first-order valence-electron chi connectivity index (χ1n) is 6.43. The smallest absolute Gasteiger partial charge is 0.329 e. The van der Waals surface area contributed by atoms with Crippen LogP contribution in [0.3, 0.4) is 0 Å². The average molecular weight is 296 g/mol. The first-order chi connectivity index (χ1) is 10.1. The number of pyridine rings is 1. The van der Waals surface area contributed by atoms with Crippen LogP contribution in [0, 0.1) is 0 Å². The summed E-state index contributed by atoms with van der Waals surface area (Å²) in [6, 6.07) is 1.02. The number of aromatic nitrogens is 1. The van der Waals surface area contributed by atoms with Gasteiger partial charge in [-0.05, 0) is 12.5 Å². The third-order valence-electron chi connectivity index (χ3n) is 3.09. The van der Waals surface area contributed by atoms with Crippen molar-refractivity contribution in [3.05, 3.63) is 24.0 Å². The number of aromatic hydroxyl groups is 1. The molecule has 1 saturated heterocycles. The van der Waals surface area contributed by atoms with Gasteiger partial charge in [0.25, 0.3) is 5.91 Å². The summed E-state index contributed by atoms with van der Waals surface area (Å²) in [6.07, 6.45) is 2.54. The zero-order valence-electron chi connectivity index (χ0n) is 11.2. The molecule has 3 N–H and O–H groups in total. The molecule has 8 nitrogen and oxygen atoms in total. The van der Waals surface area contributed by atoms with Crippen LogP contribution in [0.25, 0.3) is 0 Å². The van der Waals surface area contributed by atoms with E-state index >= 15 is 0 Å². The molecule has 2 heterocycles. The Morgan fingerprint density at radius 3 is 3.05 bits per heavy atom. The molecule has 8 heteroatoms. The number of hydrogen-bond acceptors (Lipinski definition) is 6. The van der Waals surface area contributed by atoms with Crippen LogP contribution in [-0.4, -0.2) is 59.0 Å². The van der Waals surface area contributed by atoms with Gasteiger partial charge in [-0.15, -0.1) is 0 Å². The van der Waals surface area contributed by atoms with E-state index in [0.717, 1.165) is 0 Å². The summed E-state index contributed by atoms with van der Waals surface area (Å²) in [4.78, 5) is 26.3. The first-order valence-corrected chi connectivity index (χ1v) is 6.43. The molecule has 2 rings (SSSR count). The second-order valence-corrected chi connectivity index (χ2v) is 4.58. The third kappa shape index (κ3) is 4.14. The number of ether oxygens (including phenoxy) is 2. The van der Waals surface area contributed by atoms with Crippen molar-refractivity contribution < 1.29 is 29.3 Å². The number of amides is 1. The van der Waals surface area contributed by atoms with E-state index < -0.39 is 24.6 Å². The molecule has 2 atom stereocenters. The van der Waals surface area contributed by atoms with Crippen molar-refractivity contribution in [1.29, 1.82) is 0 Å². The Labute approximate surface area is 120 Å². The van der Waals surface area contributed by atoms with E-state index in [4.69, 9.17) is 14.6 Å². The van der Waals surface area contributed by atoms with Gasteiger partial charge in [0.05, 0.1) is 24.4 Å². The van der Waals surface area contributed by atoms with E-state index in [2.05, 4.69) is 10.3 Å². The molecule has 1 amide bonds. The van der Waals surface area contributed by atoms with Gasteiger partial charge in [0, 0.05) is 12.8 Å². The minimum atomic E-state index is -1.09. The topological polar surface area (TPSA) is 118 Å². The Kier molecular flexibility index (Phi) is 5.07. The largest absolute Gasteiger partial charge is 0.505 e. The van der Waals surface area contributed by atoms with E-state index in [9.17, 15) is 14.7 Å². The van der Waals surface area contributed by atoms with Crippen LogP contribution in [-0.2, 0) is 14.3 Å². The first kappa shape index (κ1) is 15.2. The molecule has 0 bridgehead atoms. The van der Waals surface area contributed by atoms with Crippen molar-refractivity contribution in [2.75, 3.05) is 19.8 Å². The second kappa shape index (κ2) is 7.00. The molecule has 1 aromatic heterocycles. The highest BCUT2D eigenvalue weighted by Gasteiger charge is 2.29. The number of carbonyl (C=O) groups is 2. The van der Waals surface area contributed by atoms with Crippen LogP contribution < -0.4 is 5.32 Å². The number of hydrogen-bond donors (Lipinski definition) is 3. The van der Waals surface area contributed by atoms with Crippen LogP contribution in [0.15, 0.2) is 18.5 Å². The van der Waals surface area contributed by atoms with Crippen molar-refractivity contribution in [3.8, 4) is 5.75 Å². The van der Waals surface area contributed by atoms with E-state index in [1.165, 1.54) is 18.5 Å². The highest BCUT2D eigenvalue weighted by molar-refractivity contribution is 5.96. The number of aliphatic carboxylic acids is 1. The van der Waals surface area contributed by atoms with Gasteiger partial charge in [0.15, 0.2) is 0 Å². The molecule has 1 aliphatic heterocycles. The lowest BCUT2D eigenvalue weighted by Crippen LogP contribution is -2.50. The molecule has 1 aromatic rings. The molecule has 0 radical (unpaired) electrons. The monoisotopic (exact) mass is 296 g/mol.